The molecule has 0 saturated carbocycles. The van der Waals surface area contributed by atoms with Crippen LogP contribution >= 0.6 is 15.9 Å². The number of sulfonamides is 1. The first kappa shape index (κ1) is 22.1. The van der Waals surface area contributed by atoms with Crippen molar-refractivity contribution >= 4 is 37.5 Å². The summed E-state index contributed by atoms with van der Waals surface area (Å²) in [4.78, 5) is 12.7. The molecule has 3 aromatic rings. The van der Waals surface area contributed by atoms with E-state index in [2.05, 4.69) is 21.2 Å². The van der Waals surface area contributed by atoms with Crippen LogP contribution in [0.2, 0.25) is 0 Å². The van der Waals surface area contributed by atoms with Crippen LogP contribution in [-0.2, 0) is 21.4 Å². The van der Waals surface area contributed by atoms with Crippen LogP contribution in [0.5, 0.6) is 0 Å². The van der Waals surface area contributed by atoms with Crippen molar-refractivity contribution < 1.29 is 17.6 Å². The Bertz CT molecular complexity index is 1150. The molecule has 0 heterocycles. The molecule has 1 amide bonds. The van der Waals surface area contributed by atoms with E-state index in [9.17, 15) is 17.6 Å². The Balaban J connectivity index is 1.91. The Morgan fingerprint density at radius 2 is 1.63 bits per heavy atom. The van der Waals surface area contributed by atoms with Crippen LogP contribution in [0.25, 0.3) is 0 Å². The minimum absolute atomic E-state index is 0.0399. The molecule has 0 aromatic heterocycles. The number of para-hydroxylation sites is 1. The molecular weight excluding hydrogens is 471 g/mol. The van der Waals surface area contributed by atoms with E-state index >= 15 is 0 Å². The van der Waals surface area contributed by atoms with Gasteiger partial charge in [0, 0.05) is 16.6 Å². The van der Waals surface area contributed by atoms with Crippen molar-refractivity contribution in [2.75, 3.05) is 11.9 Å². The van der Waals surface area contributed by atoms with E-state index in [1.165, 1.54) is 30.3 Å². The fourth-order valence-corrected chi connectivity index (χ4v) is 4.57. The summed E-state index contributed by atoms with van der Waals surface area (Å²) < 4.78 is 42.3. The van der Waals surface area contributed by atoms with Gasteiger partial charge in [-0.25, -0.2) is 12.8 Å². The number of hydrogen-bond donors (Lipinski definition) is 1. The molecule has 0 saturated heterocycles. The molecule has 0 spiro atoms. The number of halogens is 2. The maximum absolute atomic E-state index is 14.2. The molecule has 8 heteroatoms. The Morgan fingerprint density at radius 3 is 2.30 bits per heavy atom. The Morgan fingerprint density at radius 1 is 1.00 bits per heavy atom. The number of carbonyl (C=O) groups excluding carboxylic acids is 1. The zero-order valence-corrected chi connectivity index (χ0v) is 18.6. The molecular formula is C22H20BrFN2O3S. The largest absolute Gasteiger partial charge is 0.324 e. The molecule has 0 unspecified atom stereocenters. The van der Waals surface area contributed by atoms with E-state index in [4.69, 9.17) is 0 Å². The van der Waals surface area contributed by atoms with Crippen LogP contribution in [-0.4, -0.2) is 25.2 Å². The molecule has 156 valence electrons. The highest BCUT2D eigenvalue weighted by Gasteiger charge is 2.28. The first-order valence-corrected chi connectivity index (χ1v) is 11.4. The summed E-state index contributed by atoms with van der Waals surface area (Å²) in [5.74, 6) is -1.07. The lowest BCUT2D eigenvalue weighted by atomic mass is 10.2. The number of nitrogens with zero attached hydrogens (tertiary/aromatic N) is 1. The fraction of sp³-hybridized carbons (Fsp3) is 0.136. The Hall–Kier alpha value is -2.55. The van der Waals surface area contributed by atoms with Crippen LogP contribution in [0, 0.1) is 12.7 Å². The number of nitrogens with one attached hydrogen (secondary N) is 1. The third kappa shape index (κ3) is 5.33. The minimum Gasteiger partial charge on any atom is -0.324 e. The lowest BCUT2D eigenvalue weighted by Gasteiger charge is -2.22. The maximum atomic E-state index is 14.2. The first-order chi connectivity index (χ1) is 14.3. The van der Waals surface area contributed by atoms with Gasteiger partial charge in [0.25, 0.3) is 0 Å². The molecule has 0 aliphatic rings. The van der Waals surface area contributed by atoms with Gasteiger partial charge < -0.3 is 5.32 Å². The molecule has 0 aliphatic heterocycles. The average Bonchev–Trinajstić information content (AvgIpc) is 2.71. The maximum Gasteiger partial charge on any atom is 0.243 e. The van der Waals surface area contributed by atoms with Gasteiger partial charge in [-0.2, -0.15) is 4.31 Å². The zero-order valence-electron chi connectivity index (χ0n) is 16.2. The summed E-state index contributed by atoms with van der Waals surface area (Å²) in [5.41, 5.74) is 1.60. The van der Waals surface area contributed by atoms with E-state index in [-0.39, 0.29) is 17.0 Å². The molecule has 0 bridgehead atoms. The monoisotopic (exact) mass is 490 g/mol. The standard InChI is InChI=1S/C22H20BrFN2O3S/c1-16-10-12-18(13-11-16)30(28,29)26(14-17-6-2-4-8-20(17)24)15-22(27)25-21-9-5-3-7-19(21)23/h2-13H,14-15H2,1H3,(H,25,27). The smallest absolute Gasteiger partial charge is 0.243 e. The van der Waals surface area contributed by atoms with Crippen molar-refractivity contribution in [2.45, 2.75) is 18.4 Å². The van der Waals surface area contributed by atoms with Gasteiger partial charge in [0.15, 0.2) is 0 Å². The second-order valence-electron chi connectivity index (χ2n) is 6.71. The predicted octanol–water partition coefficient (Wildman–Crippen LogP) is 4.73. The quantitative estimate of drug-likeness (QED) is 0.520. The molecule has 0 fully saturated rings. The second-order valence-corrected chi connectivity index (χ2v) is 9.50. The molecule has 30 heavy (non-hydrogen) atoms. The molecule has 0 aliphatic carbocycles. The van der Waals surface area contributed by atoms with Crippen molar-refractivity contribution in [3.63, 3.8) is 0 Å². The summed E-state index contributed by atoms with van der Waals surface area (Å²) in [6, 6.07) is 19.2. The van der Waals surface area contributed by atoms with E-state index in [0.717, 1.165) is 9.87 Å². The number of anilines is 1. The van der Waals surface area contributed by atoms with Gasteiger partial charge in [-0.1, -0.05) is 48.0 Å². The predicted molar refractivity (Wildman–Crippen MR) is 118 cm³/mol. The highest BCUT2D eigenvalue weighted by molar-refractivity contribution is 9.10. The Kier molecular flexibility index (Phi) is 7.02. The summed E-state index contributed by atoms with van der Waals surface area (Å²) in [6.07, 6.45) is 0. The van der Waals surface area contributed by atoms with Crippen LogP contribution in [0.3, 0.4) is 0 Å². The third-order valence-corrected chi connectivity index (χ3v) is 6.93. The van der Waals surface area contributed by atoms with Gasteiger partial charge in [-0.05, 0) is 53.2 Å². The third-order valence-electron chi connectivity index (χ3n) is 4.43. The van der Waals surface area contributed by atoms with Gasteiger partial charge in [0.2, 0.25) is 15.9 Å². The van der Waals surface area contributed by atoms with Gasteiger partial charge in [-0.15, -0.1) is 0 Å². The summed E-state index contributed by atoms with van der Waals surface area (Å²) in [7, 11) is -4.04. The number of aryl methyl sites for hydroxylation is 1. The number of benzene rings is 3. The van der Waals surface area contributed by atoms with Crippen LogP contribution in [0.1, 0.15) is 11.1 Å². The second kappa shape index (κ2) is 9.51. The van der Waals surface area contributed by atoms with Gasteiger partial charge in [0.1, 0.15) is 5.82 Å². The highest BCUT2D eigenvalue weighted by atomic mass is 79.9. The molecule has 1 N–H and O–H groups in total. The Labute approximate surface area is 183 Å². The molecule has 3 aromatic carbocycles. The molecule has 0 radical (unpaired) electrons. The SMILES string of the molecule is Cc1ccc(S(=O)(=O)N(CC(=O)Nc2ccccc2Br)Cc2ccccc2F)cc1. The molecule has 5 nitrogen and oxygen atoms in total. The van der Waals surface area contributed by atoms with Crippen LogP contribution in [0.15, 0.2) is 82.2 Å². The van der Waals surface area contributed by atoms with Crippen LogP contribution < -0.4 is 5.32 Å². The lowest BCUT2D eigenvalue weighted by molar-refractivity contribution is -0.116. The molecule has 3 rings (SSSR count). The van der Waals surface area contributed by atoms with Crippen molar-refractivity contribution in [3.8, 4) is 0 Å². The first-order valence-electron chi connectivity index (χ1n) is 9.12. The lowest BCUT2D eigenvalue weighted by Crippen LogP contribution is -2.37. The number of rotatable bonds is 7. The minimum atomic E-state index is -4.04. The zero-order chi connectivity index (χ0) is 21.7. The van der Waals surface area contributed by atoms with Gasteiger partial charge in [-0.3, -0.25) is 4.79 Å². The van der Waals surface area contributed by atoms with Gasteiger partial charge >= 0.3 is 0 Å². The highest BCUT2D eigenvalue weighted by Crippen LogP contribution is 2.23. The van der Waals surface area contributed by atoms with Crippen molar-refractivity contribution in [1.29, 1.82) is 0 Å². The van der Waals surface area contributed by atoms with Crippen molar-refractivity contribution in [3.05, 3.63) is 94.2 Å². The fourth-order valence-electron chi connectivity index (χ4n) is 2.81. The normalized spacial score (nSPS) is 11.5. The summed E-state index contributed by atoms with van der Waals surface area (Å²) >= 11 is 3.34. The summed E-state index contributed by atoms with van der Waals surface area (Å²) in [5, 5.41) is 2.69. The molecule has 0 atom stereocenters. The van der Waals surface area contributed by atoms with Crippen molar-refractivity contribution in [2.24, 2.45) is 0 Å². The number of amides is 1. The van der Waals surface area contributed by atoms with E-state index in [1.54, 1.807) is 42.5 Å². The number of hydrogen-bond acceptors (Lipinski definition) is 3. The van der Waals surface area contributed by atoms with E-state index in [0.29, 0.717) is 10.2 Å². The van der Waals surface area contributed by atoms with E-state index in [1.807, 2.05) is 6.92 Å². The average molecular weight is 491 g/mol. The number of carbonyl (C=O) groups is 1. The van der Waals surface area contributed by atoms with Crippen molar-refractivity contribution in [1.82, 2.24) is 4.31 Å². The topological polar surface area (TPSA) is 66.5 Å². The summed E-state index contributed by atoms with van der Waals surface area (Å²) in [6.45, 7) is 1.11. The van der Waals surface area contributed by atoms with Crippen LogP contribution in [0.4, 0.5) is 10.1 Å². The van der Waals surface area contributed by atoms with E-state index < -0.39 is 28.3 Å². The van der Waals surface area contributed by atoms with Gasteiger partial charge in [0.05, 0.1) is 17.1 Å².